The summed E-state index contributed by atoms with van der Waals surface area (Å²) in [5, 5.41) is 10.6. The van der Waals surface area contributed by atoms with Gasteiger partial charge in [0.15, 0.2) is 5.69 Å². The molecule has 0 bridgehead atoms. The highest BCUT2D eigenvalue weighted by molar-refractivity contribution is 6.01. The second-order valence-corrected chi connectivity index (χ2v) is 10.3. The molecule has 0 radical (unpaired) electrons. The van der Waals surface area contributed by atoms with Crippen LogP contribution in [0.25, 0.3) is 0 Å². The number of fused-ring (bicyclic) bond motifs is 1. The number of nitrogens with zero attached hydrogens (tertiary/aromatic N) is 4. The summed E-state index contributed by atoms with van der Waals surface area (Å²) >= 11 is 0. The number of carbonyl (C=O) groups is 3. The molecule has 1 saturated heterocycles. The molecule has 2 N–H and O–H groups in total. The molecule has 2 aliphatic heterocycles. The third-order valence-electron chi connectivity index (χ3n) is 7.57. The van der Waals surface area contributed by atoms with Crippen LogP contribution < -0.4 is 10.6 Å². The average Bonchev–Trinajstić information content (AvgIpc) is 3.41. The van der Waals surface area contributed by atoms with Crippen molar-refractivity contribution in [3.63, 3.8) is 0 Å². The minimum atomic E-state index is -1.03. The van der Waals surface area contributed by atoms with Crippen LogP contribution in [0.1, 0.15) is 92.6 Å². The van der Waals surface area contributed by atoms with Crippen molar-refractivity contribution in [1.82, 2.24) is 30.2 Å². The first-order valence-electron chi connectivity index (χ1n) is 13.1. The van der Waals surface area contributed by atoms with Gasteiger partial charge in [-0.2, -0.15) is 5.10 Å². The molecular weight excluding hydrogens is 432 g/mol. The molecule has 1 aliphatic carbocycles. The summed E-state index contributed by atoms with van der Waals surface area (Å²) in [4.78, 5) is 43.6. The molecule has 1 saturated carbocycles. The second kappa shape index (κ2) is 10.9. The molecule has 3 aliphatic rings. The maximum absolute atomic E-state index is 13.4. The fourth-order valence-electron chi connectivity index (χ4n) is 5.52. The van der Waals surface area contributed by atoms with Crippen LogP contribution in [0.2, 0.25) is 0 Å². The van der Waals surface area contributed by atoms with E-state index in [0.29, 0.717) is 18.8 Å². The Hall–Kier alpha value is -2.42. The van der Waals surface area contributed by atoms with Gasteiger partial charge in [-0.1, -0.05) is 32.6 Å². The van der Waals surface area contributed by atoms with Crippen molar-refractivity contribution in [1.29, 1.82) is 0 Å². The lowest BCUT2D eigenvalue weighted by Gasteiger charge is -2.43. The molecule has 3 amide bonds. The Kier molecular flexibility index (Phi) is 7.91. The first-order chi connectivity index (χ1) is 16.4. The summed E-state index contributed by atoms with van der Waals surface area (Å²) in [6.07, 6.45) is 9.95. The van der Waals surface area contributed by atoms with E-state index in [1.165, 1.54) is 25.7 Å². The number of rotatable bonds is 8. The molecule has 0 aromatic carbocycles. The quantitative estimate of drug-likeness (QED) is 0.604. The van der Waals surface area contributed by atoms with Crippen molar-refractivity contribution in [2.24, 2.45) is 0 Å². The molecule has 1 aromatic rings. The van der Waals surface area contributed by atoms with Crippen LogP contribution in [0.3, 0.4) is 0 Å². The fourth-order valence-corrected chi connectivity index (χ4v) is 5.52. The van der Waals surface area contributed by atoms with Crippen LogP contribution in [0.5, 0.6) is 0 Å². The summed E-state index contributed by atoms with van der Waals surface area (Å²) in [5.74, 6) is -0.650. The van der Waals surface area contributed by atoms with E-state index in [0.717, 1.165) is 51.7 Å². The van der Waals surface area contributed by atoms with Crippen LogP contribution in [-0.2, 0) is 11.3 Å². The molecule has 2 fully saturated rings. The lowest BCUT2D eigenvalue weighted by Crippen LogP contribution is -2.65. The monoisotopic (exact) mass is 472 g/mol. The number of carbonyl (C=O) groups excluding carboxylic acids is 3. The van der Waals surface area contributed by atoms with Gasteiger partial charge in [0.25, 0.3) is 11.8 Å². The predicted molar refractivity (Wildman–Crippen MR) is 130 cm³/mol. The Bertz CT molecular complexity index is 885. The van der Waals surface area contributed by atoms with Gasteiger partial charge in [0.2, 0.25) is 5.91 Å². The maximum Gasteiger partial charge on any atom is 0.273 e. The first-order valence-corrected chi connectivity index (χ1v) is 13.1. The van der Waals surface area contributed by atoms with Gasteiger partial charge in [-0.3, -0.25) is 19.1 Å². The lowest BCUT2D eigenvalue weighted by atomic mass is 9.94. The molecule has 34 heavy (non-hydrogen) atoms. The van der Waals surface area contributed by atoms with Gasteiger partial charge in [0.05, 0.1) is 6.54 Å². The Morgan fingerprint density at radius 1 is 1.09 bits per heavy atom. The van der Waals surface area contributed by atoms with Crippen LogP contribution in [-0.4, -0.2) is 81.6 Å². The SMILES string of the molecule is CCCN1C(=O)c2cc(C(=O)NCCN3CCCCCC3)nn2C[C@]1(C)C(=O)NC1CCCC1. The molecule has 9 heteroatoms. The molecule has 1 aromatic heterocycles. The molecule has 188 valence electrons. The molecule has 9 nitrogen and oxygen atoms in total. The largest absolute Gasteiger partial charge is 0.351 e. The van der Waals surface area contributed by atoms with Gasteiger partial charge in [0, 0.05) is 31.7 Å². The van der Waals surface area contributed by atoms with E-state index >= 15 is 0 Å². The van der Waals surface area contributed by atoms with Crippen molar-refractivity contribution in [3.8, 4) is 0 Å². The van der Waals surface area contributed by atoms with Crippen molar-refractivity contribution in [2.75, 3.05) is 32.7 Å². The minimum absolute atomic E-state index is 0.134. The summed E-state index contributed by atoms with van der Waals surface area (Å²) < 4.78 is 1.55. The van der Waals surface area contributed by atoms with Crippen molar-refractivity contribution in [3.05, 3.63) is 17.5 Å². The molecule has 0 unspecified atom stereocenters. The van der Waals surface area contributed by atoms with Gasteiger partial charge >= 0.3 is 0 Å². The smallest absolute Gasteiger partial charge is 0.273 e. The lowest BCUT2D eigenvalue weighted by molar-refractivity contribution is -0.133. The van der Waals surface area contributed by atoms with Crippen molar-refractivity contribution >= 4 is 17.7 Å². The summed E-state index contributed by atoms with van der Waals surface area (Å²) in [6.45, 7) is 8.08. The van der Waals surface area contributed by atoms with Gasteiger partial charge in [0.1, 0.15) is 11.2 Å². The maximum atomic E-state index is 13.4. The van der Waals surface area contributed by atoms with E-state index in [1.54, 1.807) is 15.6 Å². The highest BCUT2D eigenvalue weighted by atomic mass is 16.2. The van der Waals surface area contributed by atoms with Gasteiger partial charge in [-0.25, -0.2) is 0 Å². The minimum Gasteiger partial charge on any atom is -0.351 e. The zero-order valence-corrected chi connectivity index (χ0v) is 20.8. The molecule has 1 atom stereocenters. The van der Waals surface area contributed by atoms with Crippen LogP contribution >= 0.6 is 0 Å². The number of likely N-dealkylation sites (tertiary alicyclic amines) is 1. The molecule has 0 spiro atoms. The second-order valence-electron chi connectivity index (χ2n) is 10.3. The van der Waals surface area contributed by atoms with Crippen LogP contribution in [0, 0.1) is 0 Å². The average molecular weight is 473 g/mol. The van der Waals surface area contributed by atoms with E-state index in [1.807, 2.05) is 13.8 Å². The summed E-state index contributed by atoms with van der Waals surface area (Å²) in [7, 11) is 0. The normalized spacial score (nSPS) is 24.1. The number of nitrogens with one attached hydrogen (secondary N) is 2. The summed E-state index contributed by atoms with van der Waals surface area (Å²) in [5.41, 5.74) is -0.428. The van der Waals surface area contributed by atoms with Gasteiger partial charge in [-0.15, -0.1) is 0 Å². The first kappa shape index (κ1) is 24.7. The number of amides is 3. The molecule has 4 rings (SSSR count). The summed E-state index contributed by atoms with van der Waals surface area (Å²) in [6, 6.07) is 1.74. The van der Waals surface area contributed by atoms with E-state index in [-0.39, 0.29) is 36.0 Å². The topological polar surface area (TPSA) is 99.6 Å². The van der Waals surface area contributed by atoms with Gasteiger partial charge in [-0.05, 0) is 52.1 Å². The Morgan fingerprint density at radius 3 is 2.47 bits per heavy atom. The zero-order chi connectivity index (χ0) is 24.1. The van der Waals surface area contributed by atoms with E-state index < -0.39 is 5.54 Å². The Morgan fingerprint density at radius 2 is 1.79 bits per heavy atom. The molecule has 3 heterocycles. The standard InChI is InChI=1S/C25H40N6O3/c1-3-13-30-23(33)21-17-20(22(32)26-12-16-29-14-8-4-5-9-15-29)28-31(21)18-25(30,2)24(34)27-19-10-6-7-11-19/h17,19H,3-16,18H2,1-2H3,(H,26,32)(H,27,34)/t25-/m1/s1. The van der Waals surface area contributed by atoms with Crippen molar-refractivity contribution in [2.45, 2.75) is 89.8 Å². The number of hydrogen-bond acceptors (Lipinski definition) is 5. The zero-order valence-electron chi connectivity index (χ0n) is 20.8. The van der Waals surface area contributed by atoms with E-state index in [9.17, 15) is 14.4 Å². The highest BCUT2D eigenvalue weighted by Crippen LogP contribution is 2.29. The van der Waals surface area contributed by atoms with Crippen LogP contribution in [0.15, 0.2) is 6.07 Å². The Balaban J connectivity index is 1.44. The molecular formula is C25H40N6O3. The Labute approximate surface area is 202 Å². The third-order valence-corrected chi connectivity index (χ3v) is 7.57. The van der Waals surface area contributed by atoms with Crippen LogP contribution in [0.4, 0.5) is 0 Å². The highest BCUT2D eigenvalue weighted by Gasteiger charge is 2.48. The number of aromatic nitrogens is 2. The van der Waals surface area contributed by atoms with E-state index in [2.05, 4.69) is 20.6 Å². The fraction of sp³-hybridized carbons (Fsp3) is 0.760. The van der Waals surface area contributed by atoms with Gasteiger partial charge < -0.3 is 20.4 Å². The van der Waals surface area contributed by atoms with E-state index in [4.69, 9.17) is 0 Å². The predicted octanol–water partition coefficient (Wildman–Crippen LogP) is 2.17. The number of hydrogen-bond donors (Lipinski definition) is 2. The third kappa shape index (κ3) is 5.29. The van der Waals surface area contributed by atoms with Crippen molar-refractivity contribution < 1.29 is 14.4 Å².